The maximum atomic E-state index is 10.8. The van der Waals surface area contributed by atoms with Gasteiger partial charge >= 0.3 is 5.97 Å². The Bertz CT molecular complexity index is 477. The van der Waals surface area contributed by atoms with Crippen molar-refractivity contribution in [2.45, 2.75) is 32.4 Å². The summed E-state index contributed by atoms with van der Waals surface area (Å²) in [6.45, 7) is 6.74. The van der Waals surface area contributed by atoms with Crippen molar-refractivity contribution in [2.75, 3.05) is 26.3 Å². The van der Waals surface area contributed by atoms with Crippen molar-refractivity contribution >= 4 is 5.97 Å². The molecule has 21 heavy (non-hydrogen) atoms. The van der Waals surface area contributed by atoms with Crippen LogP contribution in [0.4, 0.5) is 0 Å². The second kappa shape index (κ2) is 7.43. The molecule has 1 heterocycles. The lowest BCUT2D eigenvalue weighted by atomic mass is 10.0. The van der Waals surface area contributed by atoms with E-state index in [4.69, 9.17) is 14.6 Å². The predicted octanol–water partition coefficient (Wildman–Crippen LogP) is 2.32. The SMILES string of the molecule is CCOc1ccccc1C(C)N1CCOC(CC(=O)O)C1. The summed E-state index contributed by atoms with van der Waals surface area (Å²) in [5, 5.41) is 8.90. The molecular formula is C16H23NO4. The Morgan fingerprint density at radius 1 is 1.52 bits per heavy atom. The Morgan fingerprint density at radius 3 is 3.00 bits per heavy atom. The van der Waals surface area contributed by atoms with Gasteiger partial charge in [0.15, 0.2) is 0 Å². The topological polar surface area (TPSA) is 59.0 Å². The van der Waals surface area contributed by atoms with Gasteiger partial charge in [-0.25, -0.2) is 0 Å². The predicted molar refractivity (Wildman–Crippen MR) is 79.6 cm³/mol. The third-order valence-electron chi connectivity index (χ3n) is 3.79. The molecule has 0 radical (unpaired) electrons. The highest BCUT2D eigenvalue weighted by Gasteiger charge is 2.27. The molecule has 1 aliphatic rings. The number of benzene rings is 1. The molecule has 0 amide bonds. The van der Waals surface area contributed by atoms with Crippen LogP contribution in [0.2, 0.25) is 0 Å². The van der Waals surface area contributed by atoms with Gasteiger partial charge in [-0.1, -0.05) is 18.2 Å². The number of ether oxygens (including phenoxy) is 2. The summed E-state index contributed by atoms with van der Waals surface area (Å²) in [6, 6.07) is 8.19. The smallest absolute Gasteiger partial charge is 0.306 e. The summed E-state index contributed by atoms with van der Waals surface area (Å²) in [7, 11) is 0. The summed E-state index contributed by atoms with van der Waals surface area (Å²) in [6.07, 6.45) is -0.186. The van der Waals surface area contributed by atoms with Gasteiger partial charge in [-0.05, 0) is 19.9 Å². The van der Waals surface area contributed by atoms with Gasteiger partial charge in [0.05, 0.1) is 25.7 Å². The fourth-order valence-electron chi connectivity index (χ4n) is 2.72. The minimum atomic E-state index is -0.816. The molecule has 1 aromatic carbocycles. The lowest BCUT2D eigenvalue weighted by Gasteiger charge is -2.37. The number of carbonyl (C=O) groups is 1. The van der Waals surface area contributed by atoms with Crippen molar-refractivity contribution in [2.24, 2.45) is 0 Å². The number of rotatable bonds is 6. The van der Waals surface area contributed by atoms with E-state index in [0.717, 1.165) is 17.9 Å². The van der Waals surface area contributed by atoms with Gasteiger partial charge < -0.3 is 14.6 Å². The molecular weight excluding hydrogens is 270 g/mol. The average molecular weight is 293 g/mol. The van der Waals surface area contributed by atoms with Crippen LogP contribution < -0.4 is 4.74 Å². The highest BCUT2D eigenvalue weighted by atomic mass is 16.5. The van der Waals surface area contributed by atoms with Crippen molar-refractivity contribution in [3.63, 3.8) is 0 Å². The number of aliphatic carboxylic acids is 1. The molecule has 0 aliphatic carbocycles. The van der Waals surface area contributed by atoms with Gasteiger partial charge in [-0.2, -0.15) is 0 Å². The lowest BCUT2D eigenvalue weighted by Crippen LogP contribution is -2.44. The first-order chi connectivity index (χ1) is 10.1. The third-order valence-corrected chi connectivity index (χ3v) is 3.79. The monoisotopic (exact) mass is 293 g/mol. The Hall–Kier alpha value is -1.59. The zero-order valence-electron chi connectivity index (χ0n) is 12.6. The van der Waals surface area contributed by atoms with E-state index in [-0.39, 0.29) is 18.6 Å². The van der Waals surface area contributed by atoms with Crippen LogP contribution in [0, 0.1) is 0 Å². The van der Waals surface area contributed by atoms with Crippen molar-refractivity contribution in [1.29, 1.82) is 0 Å². The largest absolute Gasteiger partial charge is 0.494 e. The normalized spacial score (nSPS) is 21.0. The van der Waals surface area contributed by atoms with E-state index in [2.05, 4.69) is 17.9 Å². The van der Waals surface area contributed by atoms with Crippen LogP contribution >= 0.6 is 0 Å². The highest BCUT2D eigenvalue weighted by Crippen LogP contribution is 2.30. The van der Waals surface area contributed by atoms with Gasteiger partial charge in [0.1, 0.15) is 5.75 Å². The quantitative estimate of drug-likeness (QED) is 0.872. The molecule has 1 aliphatic heterocycles. The third kappa shape index (κ3) is 4.19. The molecule has 2 atom stereocenters. The number of carboxylic acids is 1. The molecule has 2 unspecified atom stereocenters. The first kappa shape index (κ1) is 15.8. The number of carboxylic acid groups (broad SMARTS) is 1. The van der Waals surface area contributed by atoms with E-state index in [9.17, 15) is 4.79 Å². The number of para-hydroxylation sites is 1. The van der Waals surface area contributed by atoms with Crippen LogP contribution in [-0.4, -0.2) is 48.4 Å². The summed E-state index contributed by atoms with van der Waals surface area (Å²) < 4.78 is 11.2. The fraction of sp³-hybridized carbons (Fsp3) is 0.562. The van der Waals surface area contributed by atoms with Crippen LogP contribution in [-0.2, 0) is 9.53 Å². The van der Waals surface area contributed by atoms with E-state index in [0.29, 0.717) is 19.8 Å². The van der Waals surface area contributed by atoms with Crippen molar-refractivity contribution in [3.8, 4) is 5.75 Å². The van der Waals surface area contributed by atoms with Gasteiger partial charge in [0.2, 0.25) is 0 Å². The number of nitrogens with zero attached hydrogens (tertiary/aromatic N) is 1. The van der Waals surface area contributed by atoms with Gasteiger partial charge in [0.25, 0.3) is 0 Å². The Kier molecular flexibility index (Phi) is 5.59. The maximum Gasteiger partial charge on any atom is 0.306 e. The molecule has 1 saturated heterocycles. The minimum absolute atomic E-state index is 0.0519. The Balaban J connectivity index is 2.08. The molecule has 1 aromatic rings. The van der Waals surface area contributed by atoms with Crippen LogP contribution in [0.5, 0.6) is 5.75 Å². The average Bonchev–Trinajstić information content (AvgIpc) is 2.47. The molecule has 0 bridgehead atoms. The highest BCUT2D eigenvalue weighted by molar-refractivity contribution is 5.67. The van der Waals surface area contributed by atoms with Gasteiger partial charge in [-0.3, -0.25) is 9.69 Å². The maximum absolute atomic E-state index is 10.8. The van der Waals surface area contributed by atoms with Crippen molar-refractivity contribution in [1.82, 2.24) is 4.90 Å². The van der Waals surface area contributed by atoms with Gasteiger partial charge in [-0.15, -0.1) is 0 Å². The molecule has 0 saturated carbocycles. The zero-order valence-corrected chi connectivity index (χ0v) is 12.6. The second-order valence-corrected chi connectivity index (χ2v) is 5.23. The van der Waals surface area contributed by atoms with Crippen molar-refractivity contribution < 1.29 is 19.4 Å². The molecule has 0 spiro atoms. The standard InChI is InChI=1S/C16H23NO4/c1-3-20-15-7-5-4-6-14(15)12(2)17-8-9-21-13(11-17)10-16(18)19/h4-7,12-13H,3,8-11H2,1-2H3,(H,18,19). The summed E-state index contributed by atoms with van der Waals surface area (Å²) in [5.41, 5.74) is 1.13. The van der Waals surface area contributed by atoms with E-state index in [1.54, 1.807) is 0 Å². The fourth-order valence-corrected chi connectivity index (χ4v) is 2.72. The first-order valence-electron chi connectivity index (χ1n) is 7.41. The molecule has 1 fully saturated rings. The minimum Gasteiger partial charge on any atom is -0.494 e. The first-order valence-corrected chi connectivity index (χ1v) is 7.41. The summed E-state index contributed by atoms with van der Waals surface area (Å²) in [5.74, 6) is 0.0815. The second-order valence-electron chi connectivity index (χ2n) is 5.23. The van der Waals surface area contributed by atoms with Crippen LogP contribution in [0.3, 0.4) is 0 Å². The van der Waals surface area contributed by atoms with E-state index < -0.39 is 5.97 Å². The molecule has 5 nitrogen and oxygen atoms in total. The molecule has 1 N–H and O–H groups in total. The Labute approximate surface area is 125 Å². The van der Waals surface area contributed by atoms with Crippen LogP contribution in [0.25, 0.3) is 0 Å². The van der Waals surface area contributed by atoms with Crippen LogP contribution in [0.1, 0.15) is 31.9 Å². The van der Waals surface area contributed by atoms with Crippen molar-refractivity contribution in [3.05, 3.63) is 29.8 Å². The van der Waals surface area contributed by atoms with E-state index in [1.165, 1.54) is 0 Å². The summed E-state index contributed by atoms with van der Waals surface area (Å²) in [4.78, 5) is 13.1. The van der Waals surface area contributed by atoms with E-state index >= 15 is 0 Å². The molecule has 116 valence electrons. The molecule has 0 aromatic heterocycles. The number of hydrogen-bond donors (Lipinski definition) is 1. The zero-order chi connectivity index (χ0) is 15.2. The number of hydrogen-bond acceptors (Lipinski definition) is 4. The van der Waals surface area contributed by atoms with Crippen LogP contribution in [0.15, 0.2) is 24.3 Å². The summed E-state index contributed by atoms with van der Waals surface area (Å²) >= 11 is 0. The number of morpholine rings is 1. The molecule has 2 rings (SSSR count). The molecule has 5 heteroatoms. The van der Waals surface area contributed by atoms with Gasteiger partial charge in [0, 0.05) is 24.7 Å². The lowest BCUT2D eigenvalue weighted by molar-refractivity contribution is -0.142. The Morgan fingerprint density at radius 2 is 2.29 bits per heavy atom. The van der Waals surface area contributed by atoms with E-state index in [1.807, 2.05) is 25.1 Å².